The smallest absolute Gasteiger partial charge is 0.141 e. The van der Waals surface area contributed by atoms with Crippen molar-refractivity contribution in [2.75, 3.05) is 7.05 Å². The van der Waals surface area contributed by atoms with Gasteiger partial charge < -0.3 is 4.57 Å². The molecule has 1 rings (SSSR count). The Kier molecular flexibility index (Phi) is 2.81. The summed E-state index contributed by atoms with van der Waals surface area (Å²) in [7, 11) is 3.63. The quantitative estimate of drug-likeness (QED) is 0.711. The molecule has 0 unspecified atom stereocenters. The van der Waals surface area contributed by atoms with E-state index >= 15 is 0 Å². The first-order valence-electron chi connectivity index (χ1n) is 3.45. The standard InChI is InChI=1S/C8H10BrN3/c1-6(4-10-2)8-11-5-7(9)12(8)3/h4-5H,1H2,2-3H3. The number of aliphatic imine (C=N–C) groups is 1. The first-order valence-corrected chi connectivity index (χ1v) is 4.24. The fraction of sp³-hybridized carbons (Fsp3) is 0.250. The lowest BCUT2D eigenvalue weighted by atomic mass is 10.3. The highest BCUT2D eigenvalue weighted by molar-refractivity contribution is 9.10. The highest BCUT2D eigenvalue weighted by atomic mass is 79.9. The molecule has 0 bridgehead atoms. The van der Waals surface area contributed by atoms with Gasteiger partial charge in [-0.1, -0.05) is 6.58 Å². The lowest BCUT2D eigenvalue weighted by Gasteiger charge is -2.00. The van der Waals surface area contributed by atoms with E-state index in [-0.39, 0.29) is 0 Å². The fourth-order valence-electron chi connectivity index (χ4n) is 0.901. The van der Waals surface area contributed by atoms with E-state index in [0.717, 1.165) is 16.0 Å². The lowest BCUT2D eigenvalue weighted by Crippen LogP contribution is -1.97. The monoisotopic (exact) mass is 227 g/mol. The van der Waals surface area contributed by atoms with Gasteiger partial charge in [-0.3, -0.25) is 4.99 Å². The summed E-state index contributed by atoms with van der Waals surface area (Å²) < 4.78 is 2.84. The first-order chi connectivity index (χ1) is 5.66. The Balaban J connectivity index is 3.03. The number of allylic oxidation sites excluding steroid dienone is 1. The Morgan fingerprint density at radius 3 is 2.92 bits per heavy atom. The van der Waals surface area contributed by atoms with Gasteiger partial charge >= 0.3 is 0 Å². The van der Waals surface area contributed by atoms with E-state index in [0.29, 0.717) is 0 Å². The molecule has 0 fully saturated rings. The van der Waals surface area contributed by atoms with E-state index in [2.05, 4.69) is 32.5 Å². The number of hydrogen-bond acceptors (Lipinski definition) is 2. The van der Waals surface area contributed by atoms with Gasteiger partial charge in [0, 0.05) is 25.9 Å². The molecule has 0 radical (unpaired) electrons. The van der Waals surface area contributed by atoms with E-state index in [1.54, 1.807) is 19.5 Å². The van der Waals surface area contributed by atoms with Crippen LogP contribution in [0.2, 0.25) is 0 Å². The third kappa shape index (κ3) is 1.64. The van der Waals surface area contributed by atoms with Crippen LogP contribution in [0.4, 0.5) is 0 Å². The van der Waals surface area contributed by atoms with Crippen LogP contribution in [0.5, 0.6) is 0 Å². The zero-order chi connectivity index (χ0) is 9.14. The molecule has 0 aliphatic carbocycles. The second kappa shape index (κ2) is 3.67. The summed E-state index contributed by atoms with van der Waals surface area (Å²) in [6, 6.07) is 0. The molecular formula is C8H10BrN3. The van der Waals surface area contributed by atoms with Crippen molar-refractivity contribution in [2.45, 2.75) is 0 Å². The minimum Gasteiger partial charge on any atom is -0.322 e. The van der Waals surface area contributed by atoms with Gasteiger partial charge in [0.05, 0.1) is 6.20 Å². The number of aromatic nitrogens is 2. The van der Waals surface area contributed by atoms with Crippen molar-refractivity contribution in [3.63, 3.8) is 0 Å². The zero-order valence-electron chi connectivity index (χ0n) is 7.08. The maximum absolute atomic E-state index is 4.16. The van der Waals surface area contributed by atoms with Gasteiger partial charge in [-0.2, -0.15) is 0 Å². The van der Waals surface area contributed by atoms with Crippen LogP contribution in [0.25, 0.3) is 5.57 Å². The largest absolute Gasteiger partial charge is 0.322 e. The van der Waals surface area contributed by atoms with Crippen LogP contribution in [-0.4, -0.2) is 22.8 Å². The van der Waals surface area contributed by atoms with Gasteiger partial charge in [0.25, 0.3) is 0 Å². The molecule has 0 saturated carbocycles. The van der Waals surface area contributed by atoms with E-state index in [1.165, 1.54) is 0 Å². The maximum atomic E-state index is 4.16. The Labute approximate surface area is 80.0 Å². The Hall–Kier alpha value is -0.900. The van der Waals surface area contributed by atoms with E-state index < -0.39 is 0 Å². The van der Waals surface area contributed by atoms with Crippen LogP contribution in [0.15, 0.2) is 22.4 Å². The lowest BCUT2D eigenvalue weighted by molar-refractivity contribution is 0.873. The van der Waals surface area contributed by atoms with E-state index in [4.69, 9.17) is 0 Å². The van der Waals surface area contributed by atoms with Crippen LogP contribution in [0.3, 0.4) is 0 Å². The third-order valence-electron chi connectivity index (χ3n) is 1.50. The first kappa shape index (κ1) is 9.19. The van der Waals surface area contributed by atoms with Crippen LogP contribution in [-0.2, 0) is 7.05 Å². The predicted molar refractivity (Wildman–Crippen MR) is 54.4 cm³/mol. The number of nitrogens with zero attached hydrogens (tertiary/aromatic N) is 3. The number of rotatable bonds is 2. The average molecular weight is 228 g/mol. The Bertz CT molecular complexity index is 325. The van der Waals surface area contributed by atoms with Gasteiger partial charge in [-0.05, 0) is 15.9 Å². The molecule has 3 nitrogen and oxygen atoms in total. The van der Waals surface area contributed by atoms with Crippen LogP contribution in [0.1, 0.15) is 5.82 Å². The van der Waals surface area contributed by atoms with Crippen molar-refractivity contribution in [1.82, 2.24) is 9.55 Å². The van der Waals surface area contributed by atoms with Crippen LogP contribution < -0.4 is 0 Å². The minimum atomic E-state index is 0.811. The summed E-state index contributed by atoms with van der Waals surface area (Å²) in [5.41, 5.74) is 0.811. The van der Waals surface area contributed by atoms with Gasteiger partial charge in [-0.25, -0.2) is 4.98 Å². The van der Waals surface area contributed by atoms with Gasteiger partial charge in [0.1, 0.15) is 10.4 Å². The van der Waals surface area contributed by atoms with E-state index in [9.17, 15) is 0 Å². The minimum absolute atomic E-state index is 0.811. The topological polar surface area (TPSA) is 30.2 Å². The molecule has 4 heteroatoms. The normalized spacial score (nSPS) is 10.9. The summed E-state index contributed by atoms with van der Waals surface area (Å²) in [6.45, 7) is 3.84. The fourth-order valence-corrected chi connectivity index (χ4v) is 1.17. The summed E-state index contributed by atoms with van der Waals surface area (Å²) in [5, 5.41) is 0. The van der Waals surface area contributed by atoms with E-state index in [1.807, 2.05) is 11.6 Å². The highest BCUT2D eigenvalue weighted by Gasteiger charge is 2.04. The predicted octanol–water partition coefficient (Wildman–Crippen LogP) is 1.90. The van der Waals surface area contributed by atoms with Crippen molar-refractivity contribution in [2.24, 2.45) is 12.0 Å². The summed E-state index contributed by atoms with van der Waals surface area (Å²) in [6.07, 6.45) is 3.43. The molecule has 64 valence electrons. The molecule has 1 aromatic rings. The summed E-state index contributed by atoms with van der Waals surface area (Å²) in [4.78, 5) is 8.03. The molecule has 0 amide bonds. The molecule has 0 atom stereocenters. The van der Waals surface area contributed by atoms with Gasteiger partial charge in [0.15, 0.2) is 0 Å². The van der Waals surface area contributed by atoms with Crippen molar-refractivity contribution in [3.8, 4) is 0 Å². The number of halogens is 1. The molecule has 0 saturated heterocycles. The molecule has 0 N–H and O–H groups in total. The second-order valence-corrected chi connectivity index (χ2v) is 3.19. The zero-order valence-corrected chi connectivity index (χ0v) is 8.67. The number of imidazole rings is 1. The molecule has 0 aromatic carbocycles. The molecule has 1 heterocycles. The van der Waals surface area contributed by atoms with Gasteiger partial charge in [0.2, 0.25) is 0 Å². The molecule has 0 aliphatic heterocycles. The highest BCUT2D eigenvalue weighted by Crippen LogP contribution is 2.14. The van der Waals surface area contributed by atoms with Crippen molar-refractivity contribution in [3.05, 3.63) is 23.2 Å². The second-order valence-electron chi connectivity index (χ2n) is 2.38. The molecule has 0 spiro atoms. The molecule has 12 heavy (non-hydrogen) atoms. The van der Waals surface area contributed by atoms with Gasteiger partial charge in [-0.15, -0.1) is 0 Å². The molecular weight excluding hydrogens is 218 g/mol. The van der Waals surface area contributed by atoms with Crippen molar-refractivity contribution >= 4 is 27.7 Å². The van der Waals surface area contributed by atoms with Crippen molar-refractivity contribution in [1.29, 1.82) is 0 Å². The SMILES string of the molecule is C=C(C=NC)c1ncc(Br)n1C. The maximum Gasteiger partial charge on any atom is 0.141 e. The summed E-state index contributed by atoms with van der Waals surface area (Å²) in [5.74, 6) is 0.826. The Morgan fingerprint density at radius 2 is 2.50 bits per heavy atom. The molecule has 1 aromatic heterocycles. The van der Waals surface area contributed by atoms with Crippen LogP contribution >= 0.6 is 15.9 Å². The third-order valence-corrected chi connectivity index (χ3v) is 2.24. The Morgan fingerprint density at radius 1 is 1.83 bits per heavy atom. The van der Waals surface area contributed by atoms with Crippen molar-refractivity contribution < 1.29 is 0 Å². The molecule has 0 aliphatic rings. The number of hydrogen-bond donors (Lipinski definition) is 0. The summed E-state index contributed by atoms with van der Waals surface area (Å²) >= 11 is 3.35. The van der Waals surface area contributed by atoms with Crippen LogP contribution in [0, 0.1) is 0 Å². The average Bonchev–Trinajstić information content (AvgIpc) is 2.34.